The lowest BCUT2D eigenvalue weighted by Gasteiger charge is -2.08. The summed E-state index contributed by atoms with van der Waals surface area (Å²) in [6.07, 6.45) is 1.08. The Morgan fingerprint density at radius 2 is 1.76 bits per heavy atom. The maximum atomic E-state index is 11.1. The number of anilines is 2. The Bertz CT molecular complexity index is 642. The number of amides is 1. The molecule has 0 radical (unpaired) electrons. The Morgan fingerprint density at radius 1 is 1.10 bits per heavy atom. The summed E-state index contributed by atoms with van der Waals surface area (Å²) in [7, 11) is 0. The van der Waals surface area contributed by atoms with E-state index in [-0.39, 0.29) is 12.4 Å². The van der Waals surface area contributed by atoms with Crippen molar-refractivity contribution < 1.29 is 4.79 Å². The number of carbonyl (C=O) groups is 1. The molecule has 1 saturated carbocycles. The van der Waals surface area contributed by atoms with Gasteiger partial charge in [0.05, 0.1) is 0 Å². The van der Waals surface area contributed by atoms with Crippen LogP contribution in [-0.4, -0.2) is 11.9 Å². The second-order valence-corrected chi connectivity index (χ2v) is 5.20. The second kappa shape index (κ2) is 6.16. The fraction of sp³-hybridized carbons (Fsp3) is 0.188. The third-order valence-corrected chi connectivity index (χ3v) is 3.61. The summed E-state index contributed by atoms with van der Waals surface area (Å²) in [5.74, 6) is 0.0916. The number of rotatable bonds is 4. The second-order valence-electron chi connectivity index (χ2n) is 5.20. The molecule has 2 atom stereocenters. The van der Waals surface area contributed by atoms with E-state index in [9.17, 15) is 4.79 Å². The maximum Gasteiger partial charge on any atom is 0.248 e. The maximum absolute atomic E-state index is 11.1. The molecule has 110 valence electrons. The van der Waals surface area contributed by atoms with Gasteiger partial charge in [0.25, 0.3) is 0 Å². The fourth-order valence-electron chi connectivity index (χ4n) is 2.33. The summed E-state index contributed by atoms with van der Waals surface area (Å²) in [5.41, 5.74) is 14.7. The topological polar surface area (TPSA) is 81.1 Å². The first kappa shape index (κ1) is 15.4. The normalized spacial score (nSPS) is 19.5. The number of halogens is 1. The van der Waals surface area contributed by atoms with E-state index in [4.69, 9.17) is 11.5 Å². The van der Waals surface area contributed by atoms with Crippen LogP contribution in [0.15, 0.2) is 48.5 Å². The Kier molecular flexibility index (Phi) is 4.50. The lowest BCUT2D eigenvalue weighted by atomic mass is 10.1. The van der Waals surface area contributed by atoms with Gasteiger partial charge >= 0.3 is 0 Å². The van der Waals surface area contributed by atoms with E-state index in [1.54, 1.807) is 18.2 Å². The third-order valence-electron chi connectivity index (χ3n) is 3.61. The molecular formula is C16H18ClN3O. The average molecular weight is 304 g/mol. The molecule has 1 aliphatic carbocycles. The van der Waals surface area contributed by atoms with Crippen molar-refractivity contribution in [2.45, 2.75) is 18.4 Å². The number of nitrogens with two attached hydrogens (primary N) is 2. The first-order valence-electron chi connectivity index (χ1n) is 6.66. The zero-order valence-electron chi connectivity index (χ0n) is 11.5. The molecule has 0 bridgehead atoms. The minimum absolute atomic E-state index is 0. The quantitative estimate of drug-likeness (QED) is 0.812. The van der Waals surface area contributed by atoms with Gasteiger partial charge in [-0.1, -0.05) is 18.2 Å². The summed E-state index contributed by atoms with van der Waals surface area (Å²) < 4.78 is 0. The SMILES string of the molecule is Cl.NC(=O)c1cccc(Nc2ccc([C@H]3C[C@@H]3N)cc2)c1. The van der Waals surface area contributed by atoms with Crippen LogP contribution < -0.4 is 16.8 Å². The highest BCUT2D eigenvalue weighted by Crippen LogP contribution is 2.39. The standard InChI is InChI=1S/C16H17N3O.ClH/c17-15-9-14(15)10-4-6-12(7-5-10)19-13-3-1-2-11(8-13)16(18)20;/h1-8,14-15,19H,9,17H2,(H2,18,20);1H/t14-,15+;/m1./s1. The van der Waals surface area contributed by atoms with Crippen molar-refractivity contribution in [1.29, 1.82) is 0 Å². The van der Waals surface area contributed by atoms with E-state index in [0.717, 1.165) is 17.8 Å². The lowest BCUT2D eigenvalue weighted by Crippen LogP contribution is -2.10. The van der Waals surface area contributed by atoms with Gasteiger partial charge < -0.3 is 16.8 Å². The number of hydrogen-bond acceptors (Lipinski definition) is 3. The minimum Gasteiger partial charge on any atom is -0.366 e. The van der Waals surface area contributed by atoms with Gasteiger partial charge in [-0.3, -0.25) is 4.79 Å². The molecule has 1 aliphatic rings. The summed E-state index contributed by atoms with van der Waals surface area (Å²) in [6.45, 7) is 0. The predicted octanol–water partition coefficient (Wildman–Crippen LogP) is 2.77. The van der Waals surface area contributed by atoms with Crippen molar-refractivity contribution in [2.75, 3.05) is 5.32 Å². The van der Waals surface area contributed by atoms with Crippen LogP contribution in [0.25, 0.3) is 0 Å². The molecule has 4 nitrogen and oxygen atoms in total. The van der Waals surface area contributed by atoms with Crippen LogP contribution >= 0.6 is 12.4 Å². The molecule has 0 aliphatic heterocycles. The minimum atomic E-state index is -0.424. The molecule has 0 saturated heterocycles. The van der Waals surface area contributed by atoms with Crippen LogP contribution in [0.3, 0.4) is 0 Å². The van der Waals surface area contributed by atoms with Gasteiger partial charge in [0.15, 0.2) is 0 Å². The number of nitrogens with one attached hydrogen (secondary N) is 1. The molecule has 1 amide bonds. The molecule has 0 aromatic heterocycles. The van der Waals surface area contributed by atoms with Gasteiger partial charge in [0, 0.05) is 28.9 Å². The van der Waals surface area contributed by atoms with Crippen LogP contribution in [0.5, 0.6) is 0 Å². The van der Waals surface area contributed by atoms with Crippen LogP contribution in [0.1, 0.15) is 28.3 Å². The van der Waals surface area contributed by atoms with Crippen LogP contribution in [0.2, 0.25) is 0 Å². The van der Waals surface area contributed by atoms with Crippen molar-refractivity contribution in [3.63, 3.8) is 0 Å². The van der Waals surface area contributed by atoms with Crippen LogP contribution in [0.4, 0.5) is 11.4 Å². The molecule has 1 fully saturated rings. The lowest BCUT2D eigenvalue weighted by molar-refractivity contribution is 0.100. The van der Waals surface area contributed by atoms with Crippen LogP contribution in [-0.2, 0) is 0 Å². The molecular weight excluding hydrogens is 286 g/mol. The van der Waals surface area contributed by atoms with E-state index in [2.05, 4.69) is 17.4 Å². The summed E-state index contributed by atoms with van der Waals surface area (Å²) in [4.78, 5) is 11.1. The van der Waals surface area contributed by atoms with Gasteiger partial charge in [-0.2, -0.15) is 0 Å². The number of hydrogen-bond donors (Lipinski definition) is 3. The first-order valence-corrected chi connectivity index (χ1v) is 6.66. The Hall–Kier alpha value is -2.04. The van der Waals surface area contributed by atoms with E-state index < -0.39 is 5.91 Å². The number of carbonyl (C=O) groups excluding carboxylic acids is 1. The highest BCUT2D eigenvalue weighted by atomic mass is 35.5. The van der Waals surface area contributed by atoms with Gasteiger partial charge in [-0.05, 0) is 42.3 Å². The first-order chi connectivity index (χ1) is 9.63. The monoisotopic (exact) mass is 303 g/mol. The highest BCUT2D eigenvalue weighted by Gasteiger charge is 2.34. The molecule has 0 spiro atoms. The zero-order valence-corrected chi connectivity index (χ0v) is 12.3. The van der Waals surface area contributed by atoms with Crippen LogP contribution in [0, 0.1) is 0 Å². The van der Waals surface area contributed by atoms with Gasteiger partial charge in [-0.15, -0.1) is 12.4 Å². The van der Waals surface area contributed by atoms with Crippen molar-refractivity contribution in [2.24, 2.45) is 11.5 Å². The largest absolute Gasteiger partial charge is 0.366 e. The summed E-state index contributed by atoms with van der Waals surface area (Å²) in [6, 6.07) is 15.7. The summed E-state index contributed by atoms with van der Waals surface area (Å²) in [5, 5.41) is 3.26. The van der Waals surface area contributed by atoms with Crippen molar-refractivity contribution in [3.8, 4) is 0 Å². The van der Waals surface area contributed by atoms with Gasteiger partial charge in [0.2, 0.25) is 5.91 Å². The van der Waals surface area contributed by atoms with Crippen molar-refractivity contribution in [1.82, 2.24) is 0 Å². The van der Waals surface area contributed by atoms with E-state index in [1.807, 2.05) is 18.2 Å². The molecule has 5 heteroatoms. The number of benzene rings is 2. The van der Waals surface area contributed by atoms with Gasteiger partial charge in [0.1, 0.15) is 0 Å². The van der Waals surface area contributed by atoms with Crippen molar-refractivity contribution in [3.05, 3.63) is 59.7 Å². The number of primary amides is 1. The average Bonchev–Trinajstić information content (AvgIpc) is 3.17. The third kappa shape index (κ3) is 3.54. The molecule has 21 heavy (non-hydrogen) atoms. The molecule has 5 N–H and O–H groups in total. The van der Waals surface area contributed by atoms with E-state index in [1.165, 1.54) is 5.56 Å². The molecule has 2 aromatic rings. The smallest absolute Gasteiger partial charge is 0.248 e. The van der Waals surface area contributed by atoms with Crippen molar-refractivity contribution >= 4 is 29.7 Å². The fourth-order valence-corrected chi connectivity index (χ4v) is 2.33. The van der Waals surface area contributed by atoms with Gasteiger partial charge in [-0.25, -0.2) is 0 Å². The molecule has 3 rings (SSSR count). The summed E-state index contributed by atoms with van der Waals surface area (Å²) >= 11 is 0. The highest BCUT2D eigenvalue weighted by molar-refractivity contribution is 5.93. The molecule has 2 aromatic carbocycles. The molecule has 0 heterocycles. The Morgan fingerprint density at radius 3 is 2.33 bits per heavy atom. The molecule has 0 unspecified atom stereocenters. The van der Waals surface area contributed by atoms with E-state index >= 15 is 0 Å². The Labute approximate surface area is 129 Å². The predicted molar refractivity (Wildman–Crippen MR) is 87.3 cm³/mol. The van der Waals surface area contributed by atoms with E-state index in [0.29, 0.717) is 17.5 Å². The zero-order chi connectivity index (χ0) is 14.1. The Balaban J connectivity index is 0.00000161.